The number of ether oxygens (including phenoxy) is 4. The molecule has 3 aromatic carbocycles. The topological polar surface area (TPSA) is 92.7 Å². The predicted octanol–water partition coefficient (Wildman–Crippen LogP) is 3.81. The van der Waals surface area contributed by atoms with Crippen LogP contribution in [-0.2, 0) is 22.6 Å². The number of anilines is 2. The molecule has 2 aliphatic heterocycles. The first-order valence-electron chi connectivity index (χ1n) is 14.7. The van der Waals surface area contributed by atoms with Gasteiger partial charge in [0.15, 0.2) is 0 Å². The molecule has 1 amide bonds. The van der Waals surface area contributed by atoms with Crippen molar-refractivity contribution in [3.05, 3.63) is 77.9 Å². The number of para-hydroxylation sites is 1. The molecule has 1 fully saturated rings. The number of rotatable bonds is 14. The van der Waals surface area contributed by atoms with E-state index in [1.54, 1.807) is 7.11 Å². The third-order valence-corrected chi connectivity index (χ3v) is 7.64. The minimum Gasteiger partial charge on any atom is -0.496 e. The highest BCUT2D eigenvalue weighted by Crippen LogP contribution is 2.31. The maximum atomic E-state index is 12.9. The van der Waals surface area contributed by atoms with Gasteiger partial charge in [0.05, 0.1) is 46.1 Å². The number of β-amino-alcohol motifs (C(OH)–C–C–N with tert-alkyl or cyclic N) is 1. The van der Waals surface area contributed by atoms with Gasteiger partial charge in [-0.2, -0.15) is 0 Å². The van der Waals surface area contributed by atoms with Crippen molar-refractivity contribution in [3.8, 4) is 17.2 Å². The molecule has 224 valence electrons. The van der Waals surface area contributed by atoms with Gasteiger partial charge in [0, 0.05) is 49.1 Å². The molecular formula is C33H41N3O6. The van der Waals surface area contributed by atoms with Crippen LogP contribution in [0.15, 0.2) is 66.7 Å². The van der Waals surface area contributed by atoms with Crippen LogP contribution in [0, 0.1) is 0 Å². The second kappa shape index (κ2) is 14.9. The van der Waals surface area contributed by atoms with E-state index in [-0.39, 0.29) is 18.6 Å². The third kappa shape index (κ3) is 7.53. The third-order valence-electron chi connectivity index (χ3n) is 7.64. The molecule has 42 heavy (non-hydrogen) atoms. The van der Waals surface area contributed by atoms with Crippen LogP contribution in [-0.4, -0.2) is 76.8 Å². The molecule has 0 saturated carbocycles. The monoisotopic (exact) mass is 575 g/mol. The summed E-state index contributed by atoms with van der Waals surface area (Å²) in [4.78, 5) is 17.0. The highest BCUT2D eigenvalue weighted by atomic mass is 16.5. The van der Waals surface area contributed by atoms with Crippen LogP contribution < -0.4 is 29.3 Å². The van der Waals surface area contributed by atoms with Gasteiger partial charge in [-0.05, 0) is 54.8 Å². The lowest BCUT2D eigenvalue weighted by molar-refractivity contribution is -0.119. The SMILES string of the molecule is COc1ccccc1COCCCOc1ccc(N2C(=O)CNC[C@H]2COc2ccc3c(c2)N(CCO)CCC3)cc1. The number of benzene rings is 3. The first-order valence-corrected chi connectivity index (χ1v) is 14.7. The second-order valence-corrected chi connectivity index (χ2v) is 10.5. The van der Waals surface area contributed by atoms with Gasteiger partial charge in [0.25, 0.3) is 0 Å². The Balaban J connectivity index is 1.11. The standard InChI is InChI=1S/C33H41N3O6/c1-39-32-8-3-2-6-26(32)23-40-18-5-19-41-29-13-10-27(11-14-29)36-28(21-34-22-33(36)38)24-42-30-12-9-25-7-4-15-35(16-17-37)31(25)20-30/h2-3,6,8-14,20,28,34,37H,4-5,7,15-19,21-24H2,1H3/t28-/m0/s1. The van der Waals surface area contributed by atoms with Gasteiger partial charge < -0.3 is 39.2 Å². The predicted molar refractivity (Wildman–Crippen MR) is 163 cm³/mol. The summed E-state index contributed by atoms with van der Waals surface area (Å²) in [5.74, 6) is 2.36. The maximum Gasteiger partial charge on any atom is 0.241 e. The number of aliphatic hydroxyl groups excluding tert-OH is 1. The highest BCUT2D eigenvalue weighted by Gasteiger charge is 2.30. The Kier molecular flexibility index (Phi) is 10.5. The van der Waals surface area contributed by atoms with E-state index in [4.69, 9.17) is 18.9 Å². The summed E-state index contributed by atoms with van der Waals surface area (Å²) in [5, 5.41) is 12.7. The van der Waals surface area contributed by atoms with E-state index < -0.39 is 0 Å². The lowest BCUT2D eigenvalue weighted by Crippen LogP contribution is -2.57. The fourth-order valence-corrected chi connectivity index (χ4v) is 5.54. The molecule has 0 unspecified atom stereocenters. The van der Waals surface area contributed by atoms with E-state index >= 15 is 0 Å². The van der Waals surface area contributed by atoms with Crippen LogP contribution in [0.5, 0.6) is 17.2 Å². The van der Waals surface area contributed by atoms with Gasteiger partial charge in [0.1, 0.15) is 23.9 Å². The Morgan fingerprint density at radius 2 is 1.83 bits per heavy atom. The number of methoxy groups -OCH3 is 1. The van der Waals surface area contributed by atoms with Gasteiger partial charge in [-0.3, -0.25) is 4.79 Å². The summed E-state index contributed by atoms with van der Waals surface area (Å²) < 4.78 is 23.3. The van der Waals surface area contributed by atoms with Crippen molar-refractivity contribution in [1.82, 2.24) is 5.32 Å². The molecule has 2 heterocycles. The molecule has 9 heteroatoms. The van der Waals surface area contributed by atoms with Crippen molar-refractivity contribution in [3.63, 3.8) is 0 Å². The van der Waals surface area contributed by atoms with Crippen LogP contribution in [0.3, 0.4) is 0 Å². The van der Waals surface area contributed by atoms with Gasteiger partial charge in [0.2, 0.25) is 5.91 Å². The van der Waals surface area contributed by atoms with E-state index in [0.29, 0.717) is 46.1 Å². The van der Waals surface area contributed by atoms with Gasteiger partial charge in [-0.15, -0.1) is 0 Å². The molecule has 3 aromatic rings. The van der Waals surface area contributed by atoms with Crippen molar-refractivity contribution in [2.45, 2.75) is 31.9 Å². The van der Waals surface area contributed by atoms with Gasteiger partial charge in [-0.25, -0.2) is 0 Å². The number of carbonyl (C=O) groups excluding carboxylic acids is 1. The highest BCUT2D eigenvalue weighted by molar-refractivity contribution is 5.96. The molecule has 0 bridgehead atoms. The normalized spacial score (nSPS) is 16.7. The molecule has 2 N–H and O–H groups in total. The van der Waals surface area contributed by atoms with Crippen molar-refractivity contribution in [1.29, 1.82) is 0 Å². The van der Waals surface area contributed by atoms with Crippen LogP contribution in [0.4, 0.5) is 11.4 Å². The number of aliphatic hydroxyl groups is 1. The fourth-order valence-electron chi connectivity index (χ4n) is 5.54. The Labute approximate surface area is 247 Å². The number of hydrogen-bond acceptors (Lipinski definition) is 8. The largest absolute Gasteiger partial charge is 0.496 e. The van der Waals surface area contributed by atoms with E-state index in [9.17, 15) is 9.90 Å². The number of aryl methyl sites for hydroxylation is 1. The Hall–Kier alpha value is -3.79. The summed E-state index contributed by atoms with van der Waals surface area (Å²) in [7, 11) is 1.66. The number of hydrogen-bond donors (Lipinski definition) is 2. The Morgan fingerprint density at radius 1 is 1.00 bits per heavy atom. The number of piperazine rings is 1. The van der Waals surface area contributed by atoms with Gasteiger partial charge >= 0.3 is 0 Å². The fraction of sp³-hybridized carbons (Fsp3) is 0.424. The molecule has 0 radical (unpaired) electrons. The first kappa shape index (κ1) is 29.7. The minimum atomic E-state index is -0.150. The zero-order chi connectivity index (χ0) is 29.1. The summed E-state index contributed by atoms with van der Waals surface area (Å²) in [6, 6.07) is 21.5. The van der Waals surface area contributed by atoms with Crippen LogP contribution in [0.25, 0.3) is 0 Å². The van der Waals surface area contributed by atoms with Crippen molar-refractivity contribution >= 4 is 17.3 Å². The van der Waals surface area contributed by atoms with Crippen molar-refractivity contribution in [2.75, 3.05) is 69.5 Å². The lowest BCUT2D eigenvalue weighted by Gasteiger charge is -2.36. The average Bonchev–Trinajstić information content (AvgIpc) is 3.02. The van der Waals surface area contributed by atoms with Crippen LogP contribution in [0.2, 0.25) is 0 Å². The van der Waals surface area contributed by atoms with E-state index in [1.165, 1.54) is 5.56 Å². The Morgan fingerprint density at radius 3 is 2.67 bits per heavy atom. The Bertz CT molecular complexity index is 1300. The molecule has 1 saturated heterocycles. The first-order chi connectivity index (χ1) is 20.7. The second-order valence-electron chi connectivity index (χ2n) is 10.5. The summed E-state index contributed by atoms with van der Waals surface area (Å²) in [6.45, 7) is 4.58. The number of carbonyl (C=O) groups is 1. The molecule has 2 aliphatic rings. The zero-order valence-corrected chi connectivity index (χ0v) is 24.3. The van der Waals surface area contributed by atoms with E-state index in [1.807, 2.05) is 59.5 Å². The van der Waals surface area contributed by atoms with Crippen molar-refractivity contribution < 1.29 is 28.8 Å². The summed E-state index contributed by atoms with van der Waals surface area (Å²) in [5.41, 5.74) is 4.25. The molecule has 0 spiro atoms. The molecular weight excluding hydrogens is 534 g/mol. The van der Waals surface area contributed by atoms with E-state index in [0.717, 1.165) is 60.0 Å². The molecule has 0 aromatic heterocycles. The molecule has 5 rings (SSSR count). The summed E-state index contributed by atoms with van der Waals surface area (Å²) >= 11 is 0. The number of fused-ring (bicyclic) bond motifs is 1. The maximum absolute atomic E-state index is 12.9. The van der Waals surface area contributed by atoms with Crippen molar-refractivity contribution in [2.24, 2.45) is 0 Å². The number of nitrogens with one attached hydrogen (secondary N) is 1. The van der Waals surface area contributed by atoms with Crippen LogP contribution >= 0.6 is 0 Å². The summed E-state index contributed by atoms with van der Waals surface area (Å²) in [6.07, 6.45) is 2.87. The number of nitrogens with zero attached hydrogens (tertiary/aromatic N) is 2. The smallest absolute Gasteiger partial charge is 0.241 e. The zero-order valence-electron chi connectivity index (χ0n) is 24.3. The molecule has 9 nitrogen and oxygen atoms in total. The van der Waals surface area contributed by atoms with E-state index in [2.05, 4.69) is 22.3 Å². The molecule has 1 atom stereocenters. The number of amides is 1. The molecule has 0 aliphatic carbocycles. The average molecular weight is 576 g/mol. The van der Waals surface area contributed by atoms with Crippen LogP contribution in [0.1, 0.15) is 24.0 Å². The quantitative estimate of drug-likeness (QED) is 0.281. The lowest BCUT2D eigenvalue weighted by atomic mass is 10.0. The minimum absolute atomic E-state index is 0.00951. The van der Waals surface area contributed by atoms with Gasteiger partial charge in [-0.1, -0.05) is 24.3 Å².